The summed E-state index contributed by atoms with van der Waals surface area (Å²) in [4.78, 5) is 1.44. The van der Waals surface area contributed by atoms with Gasteiger partial charge < -0.3 is 10.8 Å². The Balaban J connectivity index is 2.77. The summed E-state index contributed by atoms with van der Waals surface area (Å²) in [5.74, 6) is -2.92. The Labute approximate surface area is 115 Å². The van der Waals surface area contributed by atoms with E-state index in [2.05, 4.69) is 0 Å². The minimum atomic E-state index is -4.56. The second-order valence-corrected chi connectivity index (χ2v) is 4.49. The van der Waals surface area contributed by atoms with E-state index in [9.17, 15) is 13.2 Å². The summed E-state index contributed by atoms with van der Waals surface area (Å²) in [6.07, 6.45) is -4.56. The molecule has 0 amide bonds. The van der Waals surface area contributed by atoms with Crippen molar-refractivity contribution in [3.63, 3.8) is 0 Å². The largest absolute Gasteiger partial charge is 0.399 e. The summed E-state index contributed by atoms with van der Waals surface area (Å²) in [6, 6.07) is 8.98. The molecule has 7 heteroatoms. The van der Waals surface area contributed by atoms with Gasteiger partial charge in [-0.15, -0.1) is 0 Å². The highest BCUT2D eigenvalue weighted by Gasteiger charge is 2.42. The predicted octanol–water partition coefficient (Wildman–Crippen LogP) is 1.60. The van der Waals surface area contributed by atoms with E-state index in [1.165, 1.54) is 4.90 Å². The molecule has 0 heterocycles. The van der Waals surface area contributed by atoms with Gasteiger partial charge in [-0.25, -0.2) is 0 Å². The van der Waals surface area contributed by atoms with E-state index >= 15 is 0 Å². The van der Waals surface area contributed by atoms with Crippen LogP contribution in [0.5, 0.6) is 0 Å². The Morgan fingerprint density at radius 2 is 1.90 bits per heavy atom. The van der Waals surface area contributed by atoms with Crippen LogP contribution in [0.2, 0.25) is 0 Å². The van der Waals surface area contributed by atoms with Crippen molar-refractivity contribution in [3.05, 3.63) is 35.9 Å². The van der Waals surface area contributed by atoms with Gasteiger partial charge in [-0.05, 0) is 5.56 Å². The number of nitrogens with two attached hydrogens (primary N) is 1. The van der Waals surface area contributed by atoms with E-state index in [4.69, 9.17) is 16.2 Å². The summed E-state index contributed by atoms with van der Waals surface area (Å²) in [7, 11) is 0. The quantitative estimate of drug-likeness (QED) is 0.527. The van der Waals surface area contributed by atoms with Gasteiger partial charge in [0, 0.05) is 19.6 Å². The van der Waals surface area contributed by atoms with E-state index in [1.807, 2.05) is 6.07 Å². The van der Waals surface area contributed by atoms with Crippen LogP contribution in [0.4, 0.5) is 13.2 Å². The molecule has 0 saturated carbocycles. The van der Waals surface area contributed by atoms with Gasteiger partial charge in [0.25, 0.3) is 0 Å². The van der Waals surface area contributed by atoms with Crippen LogP contribution >= 0.6 is 0 Å². The predicted molar refractivity (Wildman–Crippen MR) is 70.3 cm³/mol. The van der Waals surface area contributed by atoms with Gasteiger partial charge in [-0.2, -0.15) is 13.2 Å². The third kappa shape index (κ3) is 5.18. The van der Waals surface area contributed by atoms with Crippen LogP contribution in [0.1, 0.15) is 5.56 Å². The van der Waals surface area contributed by atoms with E-state index in [-0.39, 0.29) is 19.7 Å². The molecule has 4 nitrogen and oxygen atoms in total. The number of aliphatic hydroxyl groups is 1. The molecular weight excluding hydrogens is 271 g/mol. The van der Waals surface area contributed by atoms with Crippen LogP contribution in [-0.2, 0) is 6.54 Å². The summed E-state index contributed by atoms with van der Waals surface area (Å²) < 4.78 is 38.4. The SMILES string of the molecule is N=C(N)C(CN(CCO)Cc1ccccc1)C(F)(F)F. The average Bonchev–Trinajstić information content (AvgIpc) is 2.35. The molecule has 1 aromatic rings. The number of halogens is 3. The van der Waals surface area contributed by atoms with Gasteiger partial charge in [0.1, 0.15) is 11.8 Å². The molecule has 1 rings (SSSR count). The van der Waals surface area contributed by atoms with Crippen LogP contribution in [0, 0.1) is 11.3 Å². The minimum Gasteiger partial charge on any atom is -0.395 e. The first kappa shape index (κ1) is 16.5. The fourth-order valence-electron chi connectivity index (χ4n) is 1.85. The van der Waals surface area contributed by atoms with Crippen molar-refractivity contribution in [1.82, 2.24) is 4.90 Å². The molecule has 0 aliphatic rings. The smallest absolute Gasteiger partial charge is 0.395 e. The highest BCUT2D eigenvalue weighted by molar-refractivity contribution is 5.80. The highest BCUT2D eigenvalue weighted by atomic mass is 19.4. The number of alkyl halides is 3. The minimum absolute atomic E-state index is 0.0920. The van der Waals surface area contributed by atoms with Crippen molar-refractivity contribution in [2.75, 3.05) is 19.7 Å². The Morgan fingerprint density at radius 3 is 2.35 bits per heavy atom. The highest BCUT2D eigenvalue weighted by Crippen LogP contribution is 2.27. The summed E-state index contributed by atoms with van der Waals surface area (Å²) >= 11 is 0. The Morgan fingerprint density at radius 1 is 1.30 bits per heavy atom. The standard InChI is InChI=1S/C13H18F3N3O/c14-13(15,16)11(12(17)18)9-19(6-7-20)8-10-4-2-1-3-5-10/h1-5,11,20H,6-9H2,(H3,17,18). The summed E-state index contributed by atoms with van der Waals surface area (Å²) in [5, 5.41) is 16.0. The number of benzene rings is 1. The van der Waals surface area contributed by atoms with Crippen molar-refractivity contribution >= 4 is 5.84 Å². The maximum Gasteiger partial charge on any atom is 0.399 e. The van der Waals surface area contributed by atoms with E-state index < -0.39 is 24.5 Å². The molecule has 0 aliphatic heterocycles. The fourth-order valence-corrected chi connectivity index (χ4v) is 1.85. The number of nitrogens with zero attached hydrogens (tertiary/aromatic N) is 1. The Kier molecular flexibility index (Phi) is 5.97. The number of hydrogen-bond acceptors (Lipinski definition) is 3. The van der Waals surface area contributed by atoms with Crippen LogP contribution in [0.15, 0.2) is 30.3 Å². The van der Waals surface area contributed by atoms with Gasteiger partial charge in [0.15, 0.2) is 0 Å². The lowest BCUT2D eigenvalue weighted by Gasteiger charge is -2.27. The lowest BCUT2D eigenvalue weighted by Crippen LogP contribution is -2.44. The molecule has 1 aromatic carbocycles. The molecule has 0 fully saturated rings. The van der Waals surface area contributed by atoms with Gasteiger partial charge in [0.2, 0.25) is 0 Å². The van der Waals surface area contributed by atoms with Crippen LogP contribution in [0.25, 0.3) is 0 Å². The lowest BCUT2D eigenvalue weighted by atomic mass is 10.1. The Bertz CT molecular complexity index is 423. The second-order valence-electron chi connectivity index (χ2n) is 4.49. The molecule has 0 saturated heterocycles. The third-order valence-corrected chi connectivity index (χ3v) is 2.88. The number of hydrogen-bond donors (Lipinski definition) is 3. The van der Waals surface area contributed by atoms with Crippen molar-refractivity contribution in [2.24, 2.45) is 11.7 Å². The van der Waals surface area contributed by atoms with E-state index in [0.717, 1.165) is 5.56 Å². The zero-order chi connectivity index (χ0) is 15.2. The molecule has 0 radical (unpaired) electrons. The van der Waals surface area contributed by atoms with Gasteiger partial charge in [0.05, 0.1) is 6.61 Å². The van der Waals surface area contributed by atoms with Crippen LogP contribution in [-0.4, -0.2) is 41.7 Å². The van der Waals surface area contributed by atoms with Gasteiger partial charge >= 0.3 is 6.18 Å². The van der Waals surface area contributed by atoms with Gasteiger partial charge in [-0.1, -0.05) is 30.3 Å². The number of aliphatic hydroxyl groups excluding tert-OH is 1. The maximum absolute atomic E-state index is 12.8. The van der Waals surface area contributed by atoms with Crippen molar-refractivity contribution in [2.45, 2.75) is 12.7 Å². The van der Waals surface area contributed by atoms with Crippen LogP contribution in [0.3, 0.4) is 0 Å². The number of amidine groups is 1. The summed E-state index contributed by atoms with van der Waals surface area (Å²) in [6.45, 7) is -0.334. The number of rotatable bonds is 7. The third-order valence-electron chi connectivity index (χ3n) is 2.88. The van der Waals surface area contributed by atoms with E-state index in [1.54, 1.807) is 24.3 Å². The molecule has 0 spiro atoms. The fraction of sp³-hybridized carbons (Fsp3) is 0.462. The normalized spacial score (nSPS) is 13.4. The van der Waals surface area contributed by atoms with E-state index in [0.29, 0.717) is 0 Å². The van der Waals surface area contributed by atoms with Crippen molar-refractivity contribution in [1.29, 1.82) is 5.41 Å². The first-order valence-electron chi connectivity index (χ1n) is 6.12. The zero-order valence-electron chi connectivity index (χ0n) is 10.9. The first-order chi connectivity index (χ1) is 9.34. The molecule has 112 valence electrons. The first-order valence-corrected chi connectivity index (χ1v) is 6.12. The zero-order valence-corrected chi connectivity index (χ0v) is 10.9. The molecule has 0 bridgehead atoms. The lowest BCUT2D eigenvalue weighted by molar-refractivity contribution is -0.160. The maximum atomic E-state index is 12.8. The molecule has 0 aromatic heterocycles. The monoisotopic (exact) mass is 289 g/mol. The molecule has 4 N–H and O–H groups in total. The molecule has 1 unspecified atom stereocenters. The van der Waals surface area contributed by atoms with Crippen molar-refractivity contribution in [3.8, 4) is 0 Å². The average molecular weight is 289 g/mol. The van der Waals surface area contributed by atoms with Gasteiger partial charge in [-0.3, -0.25) is 10.3 Å². The summed E-state index contributed by atoms with van der Waals surface area (Å²) in [5.41, 5.74) is 5.87. The molecular formula is C13H18F3N3O. The molecule has 0 aliphatic carbocycles. The van der Waals surface area contributed by atoms with Crippen molar-refractivity contribution < 1.29 is 18.3 Å². The van der Waals surface area contributed by atoms with Crippen LogP contribution < -0.4 is 5.73 Å². The second kappa shape index (κ2) is 7.25. The Hall–Kier alpha value is -1.60. The number of nitrogens with one attached hydrogen (secondary N) is 1. The topological polar surface area (TPSA) is 73.3 Å². The molecule has 20 heavy (non-hydrogen) atoms. The molecule has 1 atom stereocenters.